The summed E-state index contributed by atoms with van der Waals surface area (Å²) in [5.41, 5.74) is 1.49. The van der Waals surface area contributed by atoms with Crippen molar-refractivity contribution in [3.63, 3.8) is 0 Å². The van der Waals surface area contributed by atoms with E-state index >= 15 is 0 Å². The lowest BCUT2D eigenvalue weighted by molar-refractivity contribution is -0.129. The molecule has 2 atom stereocenters. The third-order valence-electron chi connectivity index (χ3n) is 4.09. The second-order valence-electron chi connectivity index (χ2n) is 5.93. The van der Waals surface area contributed by atoms with Gasteiger partial charge in [-0.3, -0.25) is 4.79 Å². The van der Waals surface area contributed by atoms with E-state index in [2.05, 4.69) is 16.3 Å². The van der Waals surface area contributed by atoms with Gasteiger partial charge in [-0.1, -0.05) is 41.4 Å². The first-order chi connectivity index (χ1) is 14.3. The summed E-state index contributed by atoms with van der Waals surface area (Å²) in [7, 11) is 0. The fraction of sp³-hybridized carbons (Fsp3) is 0.200. The largest absolute Gasteiger partial charge is 0.465 e. The molecule has 0 bridgehead atoms. The molecule has 0 radical (unpaired) electrons. The van der Waals surface area contributed by atoms with Crippen molar-refractivity contribution < 1.29 is 14.7 Å². The van der Waals surface area contributed by atoms with Gasteiger partial charge in [0.05, 0.1) is 17.7 Å². The molecule has 0 aliphatic heterocycles. The van der Waals surface area contributed by atoms with Gasteiger partial charge in [0.25, 0.3) is 5.91 Å². The number of azo groups is 1. The fourth-order valence-electron chi connectivity index (χ4n) is 2.58. The summed E-state index contributed by atoms with van der Waals surface area (Å²) in [5, 5.41) is 36.0. The van der Waals surface area contributed by atoms with Crippen molar-refractivity contribution in [3.8, 4) is 12.1 Å². The van der Waals surface area contributed by atoms with Crippen LogP contribution < -0.4 is 0 Å². The normalized spacial score (nSPS) is 12.6. The molecule has 1 N–H and O–H groups in total. The zero-order valence-electron chi connectivity index (χ0n) is 15.7. The standard InChI is InChI=1S/C20H15Cl2N5O3/c1-2-27(20(29)30)19(28)18(11-24)26-25-14-7-8-15(17(22)9-14)16(10-23)12-3-5-13(21)6-4-12/h3-9,16,18H,2H2,1H3,(H,29,30). The monoisotopic (exact) mass is 443 g/mol. The molecule has 0 fully saturated rings. The summed E-state index contributed by atoms with van der Waals surface area (Å²) >= 11 is 12.2. The Labute approximate surface area is 182 Å². The number of carboxylic acid groups (broad SMARTS) is 1. The number of carbonyl (C=O) groups excluding carboxylic acids is 1. The molecule has 152 valence electrons. The molecular formula is C20H15Cl2N5O3. The highest BCUT2D eigenvalue weighted by Gasteiger charge is 2.27. The number of rotatable bonds is 6. The molecule has 2 aromatic rings. The van der Waals surface area contributed by atoms with E-state index in [4.69, 9.17) is 33.6 Å². The van der Waals surface area contributed by atoms with Gasteiger partial charge in [-0.15, -0.1) is 0 Å². The molecular weight excluding hydrogens is 429 g/mol. The first-order valence-electron chi connectivity index (χ1n) is 8.61. The summed E-state index contributed by atoms with van der Waals surface area (Å²) in [6.07, 6.45) is -1.48. The van der Waals surface area contributed by atoms with Gasteiger partial charge in [0.1, 0.15) is 6.07 Å². The summed E-state index contributed by atoms with van der Waals surface area (Å²) in [6, 6.07) is 13.6. The fourth-order valence-corrected chi connectivity index (χ4v) is 2.99. The van der Waals surface area contributed by atoms with Crippen LogP contribution in [0.4, 0.5) is 10.5 Å². The molecule has 0 heterocycles. The molecule has 10 heteroatoms. The summed E-state index contributed by atoms with van der Waals surface area (Å²) in [5.74, 6) is -1.63. The Morgan fingerprint density at radius 2 is 1.80 bits per heavy atom. The predicted molar refractivity (Wildman–Crippen MR) is 110 cm³/mol. The quantitative estimate of drug-likeness (QED) is 0.616. The Balaban J connectivity index is 2.27. The topological polar surface area (TPSA) is 130 Å². The smallest absolute Gasteiger partial charge is 0.414 e. The van der Waals surface area contributed by atoms with Gasteiger partial charge in [-0.25, -0.2) is 9.69 Å². The van der Waals surface area contributed by atoms with Crippen LogP contribution in [0.15, 0.2) is 52.7 Å². The minimum Gasteiger partial charge on any atom is -0.465 e. The molecule has 0 aromatic heterocycles. The summed E-state index contributed by atoms with van der Waals surface area (Å²) in [6.45, 7) is 1.34. The van der Waals surface area contributed by atoms with Crippen LogP contribution in [0, 0.1) is 22.7 Å². The van der Waals surface area contributed by atoms with Gasteiger partial charge < -0.3 is 5.11 Å². The number of benzene rings is 2. The Bertz CT molecular complexity index is 1060. The van der Waals surface area contributed by atoms with Crippen molar-refractivity contribution in [1.29, 1.82) is 10.5 Å². The van der Waals surface area contributed by atoms with Crippen molar-refractivity contribution in [3.05, 3.63) is 63.6 Å². The number of carbonyl (C=O) groups is 2. The molecule has 2 amide bonds. The maximum absolute atomic E-state index is 12.1. The average Bonchev–Trinajstić information content (AvgIpc) is 2.72. The summed E-state index contributed by atoms with van der Waals surface area (Å²) in [4.78, 5) is 23.6. The van der Waals surface area contributed by atoms with Crippen molar-refractivity contribution in [2.24, 2.45) is 10.2 Å². The molecule has 0 saturated carbocycles. The molecule has 30 heavy (non-hydrogen) atoms. The molecule has 2 unspecified atom stereocenters. The van der Waals surface area contributed by atoms with E-state index < -0.39 is 24.0 Å². The van der Waals surface area contributed by atoms with Gasteiger partial charge in [0, 0.05) is 16.6 Å². The average molecular weight is 444 g/mol. The van der Waals surface area contributed by atoms with Crippen molar-refractivity contribution >= 4 is 40.9 Å². The van der Waals surface area contributed by atoms with E-state index in [0.717, 1.165) is 0 Å². The van der Waals surface area contributed by atoms with Gasteiger partial charge in [0.15, 0.2) is 0 Å². The highest BCUT2D eigenvalue weighted by atomic mass is 35.5. The molecule has 2 rings (SSSR count). The Morgan fingerprint density at radius 3 is 2.30 bits per heavy atom. The Morgan fingerprint density at radius 1 is 1.13 bits per heavy atom. The second-order valence-corrected chi connectivity index (χ2v) is 6.78. The van der Waals surface area contributed by atoms with Crippen LogP contribution in [-0.2, 0) is 4.79 Å². The molecule has 0 aliphatic carbocycles. The van der Waals surface area contributed by atoms with Crippen LogP contribution in [-0.4, -0.2) is 34.6 Å². The number of hydrogen-bond donors (Lipinski definition) is 1. The van der Waals surface area contributed by atoms with Gasteiger partial charge >= 0.3 is 6.09 Å². The number of amides is 2. The predicted octanol–water partition coefficient (Wildman–Crippen LogP) is 5.15. The molecule has 0 aliphatic rings. The van der Waals surface area contributed by atoms with Crippen molar-refractivity contribution in [2.75, 3.05) is 6.54 Å². The highest BCUT2D eigenvalue weighted by Crippen LogP contribution is 2.33. The van der Waals surface area contributed by atoms with Crippen LogP contribution in [0.5, 0.6) is 0 Å². The first-order valence-corrected chi connectivity index (χ1v) is 9.37. The number of imide groups is 1. The minimum atomic E-state index is -1.61. The molecule has 8 nitrogen and oxygen atoms in total. The van der Waals surface area contributed by atoms with E-state index in [1.807, 2.05) is 0 Å². The third-order valence-corrected chi connectivity index (χ3v) is 4.66. The maximum atomic E-state index is 12.1. The number of nitriles is 2. The third kappa shape index (κ3) is 5.32. The zero-order chi connectivity index (χ0) is 22.3. The van der Waals surface area contributed by atoms with E-state index in [-0.39, 0.29) is 17.3 Å². The lowest BCUT2D eigenvalue weighted by Crippen LogP contribution is -2.41. The number of likely N-dealkylation sites (N-methyl/N-ethyl adjacent to an activating group) is 1. The molecule has 0 saturated heterocycles. The number of halogens is 2. The number of nitrogens with zero attached hydrogens (tertiary/aromatic N) is 5. The van der Waals surface area contributed by atoms with Crippen molar-refractivity contribution in [2.45, 2.75) is 18.9 Å². The van der Waals surface area contributed by atoms with Crippen LogP contribution in [0.2, 0.25) is 10.0 Å². The van der Waals surface area contributed by atoms with Crippen LogP contribution in [0.3, 0.4) is 0 Å². The van der Waals surface area contributed by atoms with Crippen LogP contribution in [0.25, 0.3) is 0 Å². The van der Waals surface area contributed by atoms with Crippen molar-refractivity contribution in [1.82, 2.24) is 4.90 Å². The van der Waals surface area contributed by atoms with Crippen LogP contribution >= 0.6 is 23.2 Å². The van der Waals surface area contributed by atoms with Gasteiger partial charge in [-0.2, -0.15) is 20.8 Å². The lowest BCUT2D eigenvalue weighted by atomic mass is 9.92. The first kappa shape index (κ1) is 22.8. The van der Waals surface area contributed by atoms with E-state index in [0.29, 0.717) is 21.0 Å². The lowest BCUT2D eigenvalue weighted by Gasteiger charge is -2.15. The summed E-state index contributed by atoms with van der Waals surface area (Å²) < 4.78 is 0. The van der Waals surface area contributed by atoms with E-state index in [1.165, 1.54) is 19.1 Å². The Hall–Kier alpha value is -3.46. The Kier molecular flexibility index (Phi) is 7.88. The number of hydrogen-bond acceptors (Lipinski definition) is 6. The molecule has 2 aromatic carbocycles. The highest BCUT2D eigenvalue weighted by molar-refractivity contribution is 6.31. The minimum absolute atomic E-state index is 0.122. The molecule has 0 spiro atoms. The second kappa shape index (κ2) is 10.4. The van der Waals surface area contributed by atoms with E-state index in [1.54, 1.807) is 36.4 Å². The van der Waals surface area contributed by atoms with Crippen LogP contribution in [0.1, 0.15) is 24.0 Å². The van der Waals surface area contributed by atoms with Gasteiger partial charge in [-0.05, 0) is 42.3 Å². The van der Waals surface area contributed by atoms with Gasteiger partial charge in [0.2, 0.25) is 6.04 Å². The van der Waals surface area contributed by atoms with E-state index in [9.17, 15) is 14.9 Å². The SMILES string of the molecule is CCN(C(=O)O)C(=O)C(C#N)N=Nc1ccc(C(C#N)c2ccc(Cl)cc2)c(Cl)c1. The maximum Gasteiger partial charge on any atom is 0.414 e. The zero-order valence-corrected chi connectivity index (χ0v) is 17.2.